The Labute approximate surface area is 144 Å². The lowest BCUT2D eigenvalue weighted by atomic mass is 9.96. The molecule has 1 aliphatic heterocycles. The van der Waals surface area contributed by atoms with Crippen molar-refractivity contribution < 1.29 is 4.79 Å². The molecule has 2 aromatic heterocycles. The Morgan fingerprint density at radius 1 is 1.36 bits per heavy atom. The Bertz CT molecular complexity index is 888. The van der Waals surface area contributed by atoms with Crippen LogP contribution in [-0.2, 0) is 25.4 Å². The molecule has 1 unspecified atom stereocenters. The van der Waals surface area contributed by atoms with Crippen LogP contribution in [0.5, 0.6) is 0 Å². The van der Waals surface area contributed by atoms with Crippen molar-refractivity contribution in [1.29, 1.82) is 0 Å². The molecule has 1 amide bonds. The number of rotatable bonds is 5. The number of aryl methyl sites for hydroxylation is 1. The first-order valence-corrected chi connectivity index (χ1v) is 8.57. The maximum absolute atomic E-state index is 12.3. The quantitative estimate of drug-likeness (QED) is 0.717. The Balaban J connectivity index is 1.67. The van der Waals surface area contributed by atoms with Crippen LogP contribution in [0, 0.1) is 5.92 Å². The van der Waals surface area contributed by atoms with Crippen molar-refractivity contribution in [3.8, 4) is 0 Å². The maximum Gasteiger partial charge on any atom is 0.332 e. The van der Waals surface area contributed by atoms with E-state index in [4.69, 9.17) is 0 Å². The average molecular weight is 348 g/mol. The number of piperidine rings is 1. The summed E-state index contributed by atoms with van der Waals surface area (Å²) in [6.45, 7) is 2.71. The van der Waals surface area contributed by atoms with Crippen LogP contribution in [0.2, 0.25) is 0 Å². The summed E-state index contributed by atoms with van der Waals surface area (Å²) in [5.74, 6) is 0.434. The molecule has 9 heteroatoms. The van der Waals surface area contributed by atoms with Crippen LogP contribution in [0.4, 0.5) is 0 Å². The smallest absolute Gasteiger partial charge is 0.332 e. The van der Waals surface area contributed by atoms with Crippen LogP contribution < -0.4 is 21.9 Å². The molecule has 0 aromatic carbocycles. The van der Waals surface area contributed by atoms with Gasteiger partial charge in [0.1, 0.15) is 6.54 Å². The van der Waals surface area contributed by atoms with Crippen molar-refractivity contribution in [2.45, 2.75) is 25.8 Å². The summed E-state index contributed by atoms with van der Waals surface area (Å²) < 4.78 is 3.82. The minimum absolute atomic E-state index is 0.00681. The van der Waals surface area contributed by atoms with Gasteiger partial charge in [0.05, 0.1) is 6.33 Å². The third kappa shape index (κ3) is 3.51. The molecule has 1 saturated heterocycles. The molecule has 3 rings (SSSR count). The summed E-state index contributed by atoms with van der Waals surface area (Å²) >= 11 is 0. The first-order chi connectivity index (χ1) is 12.0. The van der Waals surface area contributed by atoms with Crippen molar-refractivity contribution in [2.75, 3.05) is 19.6 Å². The fraction of sp³-hybridized carbons (Fsp3) is 0.625. The fourth-order valence-corrected chi connectivity index (χ4v) is 3.31. The first kappa shape index (κ1) is 17.4. The largest absolute Gasteiger partial charge is 0.355 e. The summed E-state index contributed by atoms with van der Waals surface area (Å²) in [4.78, 5) is 40.6. The number of hydrogen-bond donors (Lipinski definition) is 2. The van der Waals surface area contributed by atoms with E-state index in [1.54, 1.807) is 7.05 Å². The molecule has 0 spiro atoms. The normalized spacial score (nSPS) is 17.8. The number of aromatic nitrogens is 4. The van der Waals surface area contributed by atoms with Gasteiger partial charge in [-0.25, -0.2) is 9.78 Å². The third-order valence-electron chi connectivity index (χ3n) is 4.80. The predicted molar refractivity (Wildman–Crippen MR) is 93.4 cm³/mol. The van der Waals surface area contributed by atoms with Gasteiger partial charge >= 0.3 is 5.69 Å². The number of fused-ring (bicyclic) bond motifs is 1. The molecule has 0 aliphatic carbocycles. The second-order valence-corrected chi connectivity index (χ2v) is 6.60. The van der Waals surface area contributed by atoms with E-state index in [1.165, 1.54) is 35.4 Å². The molecule has 2 aromatic rings. The lowest BCUT2D eigenvalue weighted by Gasteiger charge is -2.22. The second kappa shape index (κ2) is 7.22. The summed E-state index contributed by atoms with van der Waals surface area (Å²) in [6.07, 6.45) is 4.75. The summed E-state index contributed by atoms with van der Waals surface area (Å²) in [7, 11) is 2.97. The van der Waals surface area contributed by atoms with E-state index < -0.39 is 11.2 Å². The number of imidazole rings is 1. The lowest BCUT2D eigenvalue weighted by Crippen LogP contribution is -2.38. The van der Waals surface area contributed by atoms with Crippen LogP contribution in [0.15, 0.2) is 15.9 Å². The number of amides is 1. The SMILES string of the molecule is Cn1c(=O)c2c(ncn2CC(=O)NCCC2CCCNC2)n(C)c1=O. The summed E-state index contributed by atoms with van der Waals surface area (Å²) in [5.41, 5.74) is -0.338. The molecule has 2 N–H and O–H groups in total. The molecule has 136 valence electrons. The van der Waals surface area contributed by atoms with Gasteiger partial charge in [0.2, 0.25) is 5.91 Å². The van der Waals surface area contributed by atoms with Crippen LogP contribution in [0.25, 0.3) is 11.2 Å². The molecule has 0 bridgehead atoms. The zero-order valence-electron chi connectivity index (χ0n) is 14.6. The average Bonchev–Trinajstić information content (AvgIpc) is 3.02. The van der Waals surface area contributed by atoms with E-state index >= 15 is 0 Å². The summed E-state index contributed by atoms with van der Waals surface area (Å²) in [5, 5.41) is 6.26. The number of carbonyl (C=O) groups is 1. The monoisotopic (exact) mass is 348 g/mol. The summed E-state index contributed by atoms with van der Waals surface area (Å²) in [6, 6.07) is 0. The molecule has 1 fully saturated rings. The van der Waals surface area contributed by atoms with Crippen molar-refractivity contribution >= 4 is 17.1 Å². The van der Waals surface area contributed by atoms with Gasteiger partial charge in [0.25, 0.3) is 5.56 Å². The number of hydrogen-bond acceptors (Lipinski definition) is 5. The van der Waals surface area contributed by atoms with E-state index in [9.17, 15) is 14.4 Å². The van der Waals surface area contributed by atoms with Gasteiger partial charge in [0.15, 0.2) is 11.2 Å². The zero-order valence-corrected chi connectivity index (χ0v) is 14.6. The third-order valence-corrected chi connectivity index (χ3v) is 4.80. The van der Waals surface area contributed by atoms with E-state index in [2.05, 4.69) is 15.6 Å². The highest BCUT2D eigenvalue weighted by Gasteiger charge is 2.16. The van der Waals surface area contributed by atoms with Crippen molar-refractivity contribution in [2.24, 2.45) is 20.0 Å². The van der Waals surface area contributed by atoms with E-state index in [1.807, 2.05) is 0 Å². The molecular formula is C16H24N6O3. The molecular weight excluding hydrogens is 324 g/mol. The van der Waals surface area contributed by atoms with Crippen LogP contribution in [-0.4, -0.2) is 44.2 Å². The van der Waals surface area contributed by atoms with Gasteiger partial charge in [-0.2, -0.15) is 0 Å². The van der Waals surface area contributed by atoms with Crippen molar-refractivity contribution in [3.63, 3.8) is 0 Å². The topological polar surface area (TPSA) is 103 Å². The highest BCUT2D eigenvalue weighted by molar-refractivity contribution is 5.78. The lowest BCUT2D eigenvalue weighted by molar-refractivity contribution is -0.121. The molecule has 25 heavy (non-hydrogen) atoms. The second-order valence-electron chi connectivity index (χ2n) is 6.60. The number of nitrogens with one attached hydrogen (secondary N) is 2. The van der Waals surface area contributed by atoms with Crippen LogP contribution >= 0.6 is 0 Å². The van der Waals surface area contributed by atoms with Gasteiger partial charge in [-0.15, -0.1) is 0 Å². The van der Waals surface area contributed by atoms with Gasteiger partial charge in [-0.1, -0.05) is 0 Å². The molecule has 3 heterocycles. The zero-order chi connectivity index (χ0) is 18.0. The standard InChI is InChI=1S/C16H24N6O3/c1-20-14-13(15(24)21(2)16(20)25)22(10-19-14)9-12(23)18-7-5-11-4-3-6-17-8-11/h10-11,17H,3-9H2,1-2H3,(H,18,23). The molecule has 0 saturated carbocycles. The van der Waals surface area contributed by atoms with Gasteiger partial charge < -0.3 is 15.2 Å². The van der Waals surface area contributed by atoms with E-state index in [-0.39, 0.29) is 23.6 Å². The minimum atomic E-state index is -0.448. The number of carbonyl (C=O) groups excluding carboxylic acids is 1. The van der Waals surface area contributed by atoms with Gasteiger partial charge in [0, 0.05) is 20.6 Å². The van der Waals surface area contributed by atoms with Gasteiger partial charge in [-0.3, -0.25) is 18.7 Å². The molecule has 1 aliphatic rings. The Morgan fingerprint density at radius 3 is 2.88 bits per heavy atom. The fourth-order valence-electron chi connectivity index (χ4n) is 3.31. The van der Waals surface area contributed by atoms with Crippen molar-refractivity contribution in [1.82, 2.24) is 29.3 Å². The maximum atomic E-state index is 12.3. The molecule has 0 radical (unpaired) electrons. The Kier molecular flexibility index (Phi) is 5.03. The van der Waals surface area contributed by atoms with Crippen molar-refractivity contribution in [3.05, 3.63) is 27.2 Å². The molecule has 9 nitrogen and oxygen atoms in total. The highest BCUT2D eigenvalue weighted by atomic mass is 16.2. The van der Waals surface area contributed by atoms with Gasteiger partial charge in [-0.05, 0) is 38.3 Å². The molecule has 1 atom stereocenters. The number of nitrogens with zero attached hydrogens (tertiary/aromatic N) is 4. The Morgan fingerprint density at radius 2 is 2.16 bits per heavy atom. The van der Waals surface area contributed by atoms with Crippen LogP contribution in [0.1, 0.15) is 19.3 Å². The van der Waals surface area contributed by atoms with Crippen LogP contribution in [0.3, 0.4) is 0 Å². The predicted octanol–water partition coefficient (Wildman–Crippen LogP) is -1.06. The van der Waals surface area contributed by atoms with E-state index in [0.717, 1.165) is 24.1 Å². The Hall–Kier alpha value is -2.42. The highest BCUT2D eigenvalue weighted by Crippen LogP contribution is 2.12. The minimum Gasteiger partial charge on any atom is -0.355 e. The van der Waals surface area contributed by atoms with E-state index in [0.29, 0.717) is 12.5 Å². The first-order valence-electron chi connectivity index (χ1n) is 8.57.